The lowest BCUT2D eigenvalue weighted by atomic mass is 9.97. The summed E-state index contributed by atoms with van der Waals surface area (Å²) in [4.78, 5) is 26.4. The summed E-state index contributed by atoms with van der Waals surface area (Å²) in [7, 11) is 0. The number of nitrogens with one attached hydrogen (secondary N) is 1. The SMILES string of the molecule is CSCC(=O)N1CCC[C@@H](C(=O)Nc2ccc(-c3cccc(F)c3)cc2)C1. The zero-order valence-corrected chi connectivity index (χ0v) is 16.1. The minimum Gasteiger partial charge on any atom is -0.341 e. The molecule has 0 radical (unpaired) electrons. The highest BCUT2D eigenvalue weighted by atomic mass is 32.2. The van der Waals surface area contributed by atoms with Gasteiger partial charge in [0.25, 0.3) is 0 Å². The van der Waals surface area contributed by atoms with Gasteiger partial charge < -0.3 is 10.2 Å². The van der Waals surface area contributed by atoms with E-state index in [4.69, 9.17) is 0 Å². The lowest BCUT2D eigenvalue weighted by molar-refractivity contribution is -0.132. The van der Waals surface area contributed by atoms with Crippen molar-refractivity contribution in [3.8, 4) is 11.1 Å². The van der Waals surface area contributed by atoms with Gasteiger partial charge in [0.05, 0.1) is 11.7 Å². The summed E-state index contributed by atoms with van der Waals surface area (Å²) in [5.41, 5.74) is 2.38. The number of amides is 2. The topological polar surface area (TPSA) is 49.4 Å². The van der Waals surface area contributed by atoms with E-state index in [1.165, 1.54) is 23.9 Å². The number of carbonyl (C=O) groups excluding carboxylic acids is 2. The smallest absolute Gasteiger partial charge is 0.232 e. The van der Waals surface area contributed by atoms with Crippen molar-refractivity contribution in [3.63, 3.8) is 0 Å². The van der Waals surface area contributed by atoms with E-state index in [0.29, 0.717) is 18.0 Å². The first-order chi connectivity index (χ1) is 13.1. The van der Waals surface area contributed by atoms with Crippen molar-refractivity contribution in [3.05, 3.63) is 54.3 Å². The van der Waals surface area contributed by atoms with Crippen LogP contribution in [0.15, 0.2) is 48.5 Å². The maximum Gasteiger partial charge on any atom is 0.232 e. The zero-order chi connectivity index (χ0) is 19.2. The van der Waals surface area contributed by atoms with E-state index in [9.17, 15) is 14.0 Å². The van der Waals surface area contributed by atoms with E-state index in [1.54, 1.807) is 11.0 Å². The summed E-state index contributed by atoms with van der Waals surface area (Å²) in [6, 6.07) is 13.8. The molecule has 2 amide bonds. The van der Waals surface area contributed by atoms with Crippen LogP contribution in [0.25, 0.3) is 11.1 Å². The Morgan fingerprint density at radius 1 is 1.19 bits per heavy atom. The van der Waals surface area contributed by atoms with Crippen LogP contribution < -0.4 is 5.32 Å². The van der Waals surface area contributed by atoms with Gasteiger partial charge in [0.2, 0.25) is 11.8 Å². The summed E-state index contributed by atoms with van der Waals surface area (Å²) in [6.45, 7) is 1.21. The number of hydrogen-bond acceptors (Lipinski definition) is 3. The fraction of sp³-hybridized carbons (Fsp3) is 0.333. The first kappa shape index (κ1) is 19.4. The first-order valence-corrected chi connectivity index (χ1v) is 10.4. The van der Waals surface area contributed by atoms with Crippen molar-refractivity contribution < 1.29 is 14.0 Å². The van der Waals surface area contributed by atoms with Crippen molar-refractivity contribution in [2.24, 2.45) is 5.92 Å². The van der Waals surface area contributed by atoms with E-state index in [2.05, 4.69) is 5.32 Å². The number of carbonyl (C=O) groups is 2. The molecule has 2 aromatic carbocycles. The summed E-state index contributed by atoms with van der Waals surface area (Å²) in [5.74, 6) is 0.0281. The second kappa shape index (κ2) is 9.04. The third-order valence-corrected chi connectivity index (χ3v) is 5.26. The Hall–Kier alpha value is -2.34. The number of anilines is 1. The predicted molar refractivity (Wildman–Crippen MR) is 108 cm³/mol. The Morgan fingerprint density at radius 2 is 1.96 bits per heavy atom. The average molecular weight is 386 g/mol. The molecule has 1 aliphatic heterocycles. The van der Waals surface area contributed by atoms with E-state index in [1.807, 2.05) is 36.6 Å². The van der Waals surface area contributed by atoms with Gasteiger partial charge in [-0.05, 0) is 54.5 Å². The summed E-state index contributed by atoms with van der Waals surface area (Å²) >= 11 is 1.50. The molecule has 1 aliphatic rings. The molecule has 0 saturated carbocycles. The zero-order valence-electron chi connectivity index (χ0n) is 15.3. The molecule has 6 heteroatoms. The monoisotopic (exact) mass is 386 g/mol. The minimum atomic E-state index is -0.275. The number of benzene rings is 2. The third kappa shape index (κ3) is 5.10. The molecule has 4 nitrogen and oxygen atoms in total. The van der Waals surface area contributed by atoms with Gasteiger partial charge in [0.15, 0.2) is 0 Å². The maximum atomic E-state index is 13.4. The molecule has 1 fully saturated rings. The van der Waals surface area contributed by atoms with Crippen molar-refractivity contribution in [2.45, 2.75) is 12.8 Å². The molecular formula is C21H23FN2O2S. The largest absolute Gasteiger partial charge is 0.341 e. The molecule has 3 rings (SSSR count). The van der Waals surface area contributed by atoms with Gasteiger partial charge in [-0.15, -0.1) is 0 Å². The molecule has 0 spiro atoms. The number of piperidine rings is 1. The highest BCUT2D eigenvalue weighted by Crippen LogP contribution is 2.23. The highest BCUT2D eigenvalue weighted by molar-refractivity contribution is 7.99. The van der Waals surface area contributed by atoms with Gasteiger partial charge in [0.1, 0.15) is 5.82 Å². The normalized spacial score (nSPS) is 16.8. The summed E-state index contributed by atoms with van der Waals surface area (Å²) in [6.07, 6.45) is 3.53. The third-order valence-electron chi connectivity index (χ3n) is 4.72. The van der Waals surface area contributed by atoms with Crippen molar-refractivity contribution in [1.82, 2.24) is 4.90 Å². The van der Waals surface area contributed by atoms with Gasteiger partial charge in [-0.3, -0.25) is 9.59 Å². The van der Waals surface area contributed by atoms with E-state index < -0.39 is 0 Å². The van der Waals surface area contributed by atoms with Crippen LogP contribution >= 0.6 is 11.8 Å². The number of thioether (sulfide) groups is 1. The van der Waals surface area contributed by atoms with Gasteiger partial charge in [-0.25, -0.2) is 4.39 Å². The van der Waals surface area contributed by atoms with E-state index in [0.717, 1.165) is 30.5 Å². The molecule has 2 aromatic rings. The quantitative estimate of drug-likeness (QED) is 0.844. The van der Waals surface area contributed by atoms with Crippen LogP contribution in [0.2, 0.25) is 0 Å². The summed E-state index contributed by atoms with van der Waals surface area (Å²) in [5, 5.41) is 2.94. The second-order valence-electron chi connectivity index (χ2n) is 6.69. The molecule has 0 aromatic heterocycles. The molecule has 1 heterocycles. The van der Waals surface area contributed by atoms with Crippen LogP contribution in [-0.2, 0) is 9.59 Å². The number of nitrogens with zero attached hydrogens (tertiary/aromatic N) is 1. The minimum absolute atomic E-state index is 0.0600. The highest BCUT2D eigenvalue weighted by Gasteiger charge is 2.28. The molecule has 1 saturated heterocycles. The van der Waals surface area contributed by atoms with Crippen LogP contribution in [0.1, 0.15) is 12.8 Å². The first-order valence-electron chi connectivity index (χ1n) is 9.00. The number of halogens is 1. The second-order valence-corrected chi connectivity index (χ2v) is 7.55. The van der Waals surface area contributed by atoms with Crippen molar-refractivity contribution in [1.29, 1.82) is 0 Å². The standard InChI is InChI=1S/C21H23FN2O2S/c1-27-14-20(25)24-11-3-5-17(13-24)21(26)23-19-9-7-15(8-10-19)16-4-2-6-18(22)12-16/h2,4,6-10,12,17H,3,5,11,13-14H2,1H3,(H,23,26)/t17-/m1/s1. The Kier molecular flexibility index (Phi) is 6.50. The lowest BCUT2D eigenvalue weighted by Gasteiger charge is -2.32. The fourth-order valence-electron chi connectivity index (χ4n) is 3.29. The number of likely N-dealkylation sites (tertiary alicyclic amines) is 1. The molecule has 1 atom stereocenters. The fourth-order valence-corrected chi connectivity index (χ4v) is 3.72. The molecule has 0 aliphatic carbocycles. The number of hydrogen-bond donors (Lipinski definition) is 1. The van der Waals surface area contributed by atoms with Gasteiger partial charge in [-0.2, -0.15) is 11.8 Å². The van der Waals surface area contributed by atoms with Gasteiger partial charge in [0, 0.05) is 18.8 Å². The van der Waals surface area contributed by atoms with Crippen molar-refractivity contribution in [2.75, 3.05) is 30.4 Å². The van der Waals surface area contributed by atoms with Crippen LogP contribution in [0.3, 0.4) is 0 Å². The molecular weight excluding hydrogens is 363 g/mol. The van der Waals surface area contributed by atoms with E-state index in [-0.39, 0.29) is 23.5 Å². The Bertz CT molecular complexity index is 810. The van der Waals surface area contributed by atoms with Gasteiger partial charge in [-0.1, -0.05) is 24.3 Å². The molecule has 1 N–H and O–H groups in total. The molecule has 0 bridgehead atoms. The number of rotatable bonds is 5. The average Bonchev–Trinajstić information content (AvgIpc) is 2.69. The van der Waals surface area contributed by atoms with Crippen LogP contribution in [0.4, 0.5) is 10.1 Å². The predicted octanol–water partition coefficient (Wildman–Crippen LogP) is 4.03. The van der Waals surface area contributed by atoms with Crippen LogP contribution in [-0.4, -0.2) is 41.8 Å². The molecule has 0 unspecified atom stereocenters. The van der Waals surface area contributed by atoms with Crippen LogP contribution in [0, 0.1) is 11.7 Å². The van der Waals surface area contributed by atoms with E-state index >= 15 is 0 Å². The Labute approximate surface area is 163 Å². The Balaban J connectivity index is 1.61. The molecule has 27 heavy (non-hydrogen) atoms. The molecule has 142 valence electrons. The van der Waals surface area contributed by atoms with Crippen molar-refractivity contribution >= 4 is 29.3 Å². The summed E-state index contributed by atoms with van der Waals surface area (Å²) < 4.78 is 13.4. The van der Waals surface area contributed by atoms with Gasteiger partial charge >= 0.3 is 0 Å². The Morgan fingerprint density at radius 3 is 2.67 bits per heavy atom. The lowest BCUT2D eigenvalue weighted by Crippen LogP contribution is -2.44. The van der Waals surface area contributed by atoms with Crippen LogP contribution in [0.5, 0.6) is 0 Å². The maximum absolute atomic E-state index is 13.4.